The smallest absolute Gasteiger partial charge is 0.160 e. The van der Waals surface area contributed by atoms with E-state index in [1.54, 1.807) is 12.1 Å². The van der Waals surface area contributed by atoms with Gasteiger partial charge < -0.3 is 40.7 Å². The largest absolute Gasteiger partial charge is 0.504 e. The molecule has 75 heavy (non-hydrogen) atoms. The second-order valence-electron chi connectivity index (χ2n) is 26.0. The number of Topliss-reactive ketones (excluding diaryl/α,β-unsaturated/α-hetero) is 1. The van der Waals surface area contributed by atoms with Crippen molar-refractivity contribution >= 4 is 5.78 Å². The zero-order valence-corrected chi connectivity index (χ0v) is 44.4. The highest BCUT2D eigenvalue weighted by molar-refractivity contribution is 5.84. The van der Waals surface area contributed by atoms with Gasteiger partial charge in [-0.05, 0) is 165 Å². The van der Waals surface area contributed by atoms with E-state index in [9.17, 15) is 30.6 Å². The summed E-state index contributed by atoms with van der Waals surface area (Å²) in [6, 6.07) is 17.5. The molecule has 0 unspecified atom stereocenters. The molecule has 0 amide bonds. The number of piperidine rings is 1. The van der Waals surface area contributed by atoms with Crippen LogP contribution in [-0.4, -0.2) is 66.8 Å². The molecule has 9 heteroatoms. The van der Waals surface area contributed by atoms with Crippen LogP contribution in [0, 0.1) is 75.4 Å². The molecule has 6 fully saturated rings. The Kier molecular flexibility index (Phi) is 11.9. The summed E-state index contributed by atoms with van der Waals surface area (Å²) < 4.78 is 5.72. The lowest BCUT2D eigenvalue weighted by molar-refractivity contribution is -0.267. The first-order valence-electron chi connectivity index (χ1n) is 29.3. The van der Waals surface area contributed by atoms with Crippen molar-refractivity contribution in [2.45, 2.75) is 189 Å². The SMILES string of the molecule is CCCCC[C@H]1C(=O)C[C@@H](c2cc(OC)c(O)cc2CO)[C@@H](Cc2ccccc2)C#C[C@@H]2CN[C@]34CC[C@@]1(O)[C@H]2[C@@]31c2cc(O)c(O)cc2[C@@H]2C[C@]13C#CC[C@H]1CCCC[C@@]1(O)CCC1=C[C@@H]5CCC[C@]52C[C@]13CC4. The second kappa shape index (κ2) is 17.9. The summed E-state index contributed by atoms with van der Waals surface area (Å²) in [5.74, 6) is 14.0. The molecule has 1 aliphatic heterocycles. The Balaban J connectivity index is 1.12. The number of allylic oxidation sites excluding steroid dienone is 2. The molecular weight excluding hydrogens is 935 g/mol. The first-order chi connectivity index (χ1) is 36.3. The lowest BCUT2D eigenvalue weighted by Gasteiger charge is -2.83. The van der Waals surface area contributed by atoms with E-state index in [-0.39, 0.29) is 59.1 Å². The number of rotatable bonds is 9. The van der Waals surface area contributed by atoms with E-state index in [1.165, 1.54) is 12.7 Å². The number of hydrogen-bond acceptors (Lipinski definition) is 9. The van der Waals surface area contributed by atoms with Crippen molar-refractivity contribution in [1.29, 1.82) is 0 Å². The van der Waals surface area contributed by atoms with Crippen LogP contribution >= 0.6 is 0 Å². The molecule has 396 valence electrons. The third kappa shape index (κ3) is 6.75. The van der Waals surface area contributed by atoms with Gasteiger partial charge in [-0.1, -0.05) is 105 Å². The number of unbranched alkanes of at least 4 members (excludes halogenated alkanes) is 2. The van der Waals surface area contributed by atoms with Crippen LogP contribution in [0.2, 0.25) is 0 Å². The average molecular weight is 1010 g/mol. The molecule has 15 atom stereocenters. The van der Waals surface area contributed by atoms with Crippen molar-refractivity contribution in [3.63, 3.8) is 0 Å². The summed E-state index contributed by atoms with van der Waals surface area (Å²) in [4.78, 5) is 16.4. The summed E-state index contributed by atoms with van der Waals surface area (Å²) in [6.07, 6.45) is 20.3. The zero-order valence-electron chi connectivity index (χ0n) is 44.4. The van der Waals surface area contributed by atoms with Gasteiger partial charge in [0.15, 0.2) is 23.0 Å². The van der Waals surface area contributed by atoms with Gasteiger partial charge in [-0.2, -0.15) is 0 Å². The number of nitrogens with one attached hydrogen (secondary N) is 1. The number of carbonyl (C=O) groups is 1. The van der Waals surface area contributed by atoms with Gasteiger partial charge in [0.1, 0.15) is 5.78 Å². The van der Waals surface area contributed by atoms with E-state index in [1.807, 2.05) is 30.3 Å². The number of hydrogen-bond donors (Lipinski definition) is 7. The Bertz CT molecular complexity index is 2960. The van der Waals surface area contributed by atoms with Crippen molar-refractivity contribution < 1.29 is 40.2 Å². The van der Waals surface area contributed by atoms with Gasteiger partial charge in [-0.25, -0.2) is 0 Å². The zero-order chi connectivity index (χ0) is 51.8. The van der Waals surface area contributed by atoms with Crippen molar-refractivity contribution in [2.75, 3.05) is 13.7 Å². The summed E-state index contributed by atoms with van der Waals surface area (Å²) >= 11 is 0. The Hall–Kier alpha value is -4.77. The van der Waals surface area contributed by atoms with Crippen LogP contribution in [0.15, 0.2) is 66.2 Å². The van der Waals surface area contributed by atoms with Crippen molar-refractivity contribution in [3.8, 4) is 46.7 Å². The van der Waals surface area contributed by atoms with Crippen LogP contribution in [0.4, 0.5) is 0 Å². The van der Waals surface area contributed by atoms with Gasteiger partial charge in [0.25, 0.3) is 0 Å². The number of ketones is 1. The standard InChI is InChI=1S/C66H79NO8/c1-3-4-6-18-51-54(69)33-48(49-35-58(75-2)57(72)31-44(49)39-68)42(30-41-13-7-5-8-14-41)19-20-43-38-67-64-27-26-61-40-60-22-11-17-46(60)32-47(61)21-25-62(73)23-10-9-15-45(62)16-12-24-63(61)37-53(60)50-34-55(70)56(71)36-52(50)66(63,64)59(43)65(51,74)29-28-64/h5,7-8,13-14,31-32,34-36,42-43,45-46,48,51,53,59,67-68,70-74H,3-4,6,9-11,15-18,21-23,25-30,33,37-40H2,1-2H3/t42-,43-,45-,46+,48-,51+,53+,59+,60+,61-,62-,63+,64-,65+,66-/m1/s1. The summed E-state index contributed by atoms with van der Waals surface area (Å²) in [7, 11) is 1.51. The minimum atomic E-state index is -1.55. The van der Waals surface area contributed by atoms with Crippen LogP contribution in [0.5, 0.6) is 23.0 Å². The lowest BCUT2D eigenvalue weighted by Crippen LogP contribution is -2.87. The van der Waals surface area contributed by atoms with Gasteiger partial charge in [0, 0.05) is 65.3 Å². The van der Waals surface area contributed by atoms with E-state index >= 15 is 4.79 Å². The number of aromatic hydroxyl groups is 3. The molecule has 4 spiro atoms. The number of phenolic OH excluding ortho intramolecular Hbond substituents is 3. The van der Waals surface area contributed by atoms with Gasteiger partial charge in [0.05, 0.1) is 30.3 Å². The molecular formula is C66H79NO8. The minimum absolute atomic E-state index is 0.00812. The molecule has 3 aromatic carbocycles. The molecule has 0 radical (unpaired) electrons. The van der Waals surface area contributed by atoms with Crippen molar-refractivity contribution in [2.24, 2.45) is 51.8 Å². The monoisotopic (exact) mass is 1010 g/mol. The lowest BCUT2D eigenvalue weighted by atomic mass is 9.21. The maximum Gasteiger partial charge on any atom is 0.160 e. The third-order valence-electron chi connectivity index (χ3n) is 23.3. The van der Waals surface area contributed by atoms with Crippen molar-refractivity contribution in [1.82, 2.24) is 5.32 Å². The summed E-state index contributed by atoms with van der Waals surface area (Å²) in [5.41, 5.74) is 0.754. The number of carbonyl (C=O) groups excluding carboxylic acids is 1. The van der Waals surface area contributed by atoms with E-state index in [2.05, 4.69) is 54.1 Å². The van der Waals surface area contributed by atoms with Crippen LogP contribution in [0.25, 0.3) is 0 Å². The summed E-state index contributed by atoms with van der Waals surface area (Å²) in [5, 5.41) is 78.2. The Morgan fingerprint density at radius 2 is 1.68 bits per heavy atom. The fraction of sp³-hybridized carbons (Fsp3) is 0.621. The molecule has 6 bridgehead atoms. The predicted octanol–water partition coefficient (Wildman–Crippen LogP) is 10.9. The number of phenols is 3. The Morgan fingerprint density at radius 3 is 2.49 bits per heavy atom. The first-order valence-corrected chi connectivity index (χ1v) is 29.3. The summed E-state index contributed by atoms with van der Waals surface area (Å²) in [6.45, 7) is 2.34. The number of fused-ring (bicyclic) bond motifs is 4. The molecule has 1 saturated heterocycles. The average Bonchev–Trinajstić information content (AvgIpc) is 4.00. The van der Waals surface area contributed by atoms with E-state index in [0.29, 0.717) is 55.7 Å². The highest BCUT2D eigenvalue weighted by Crippen LogP contribution is 2.87. The number of benzene rings is 3. The fourth-order valence-electron chi connectivity index (χ4n) is 20.4. The predicted molar refractivity (Wildman–Crippen MR) is 288 cm³/mol. The molecule has 13 rings (SSSR count). The molecule has 9 aliphatic carbocycles. The van der Waals surface area contributed by atoms with E-state index < -0.39 is 62.6 Å². The van der Waals surface area contributed by atoms with Crippen LogP contribution in [-0.2, 0) is 23.2 Å². The topological polar surface area (TPSA) is 160 Å². The molecule has 3 aromatic rings. The second-order valence-corrected chi connectivity index (χ2v) is 26.0. The number of ether oxygens (including phenoxy) is 1. The molecule has 5 saturated carbocycles. The van der Waals surface area contributed by atoms with Crippen LogP contribution < -0.4 is 10.1 Å². The van der Waals surface area contributed by atoms with Crippen LogP contribution in [0.3, 0.4) is 0 Å². The van der Waals surface area contributed by atoms with E-state index in [0.717, 1.165) is 119 Å². The normalized spacial score (nSPS) is 41.6. The Morgan fingerprint density at radius 1 is 0.853 bits per heavy atom. The van der Waals surface area contributed by atoms with Gasteiger partial charge in [-0.3, -0.25) is 4.79 Å². The van der Waals surface area contributed by atoms with Crippen LogP contribution in [0.1, 0.15) is 181 Å². The molecule has 1 heterocycles. The minimum Gasteiger partial charge on any atom is -0.504 e. The molecule has 10 aliphatic rings. The van der Waals surface area contributed by atoms with Gasteiger partial charge >= 0.3 is 0 Å². The van der Waals surface area contributed by atoms with E-state index in [4.69, 9.17) is 4.74 Å². The number of methoxy groups -OCH3 is 1. The maximum absolute atomic E-state index is 16.4. The van der Waals surface area contributed by atoms with Crippen molar-refractivity contribution in [3.05, 3.63) is 94.1 Å². The molecule has 9 nitrogen and oxygen atoms in total. The first kappa shape index (κ1) is 49.8. The quantitative estimate of drug-likeness (QED) is 0.0479. The highest BCUT2D eigenvalue weighted by atomic mass is 16.5. The van der Waals surface area contributed by atoms with Gasteiger partial charge in [-0.15, -0.1) is 5.92 Å². The van der Waals surface area contributed by atoms with Gasteiger partial charge in [0.2, 0.25) is 0 Å². The Labute approximate surface area is 444 Å². The highest BCUT2D eigenvalue weighted by Gasteiger charge is 2.86. The molecule has 0 aromatic heterocycles. The third-order valence-corrected chi connectivity index (χ3v) is 23.3. The number of aliphatic hydroxyl groups is 3. The maximum atomic E-state index is 16.4. The fourth-order valence-corrected chi connectivity index (χ4v) is 20.4. The molecule has 7 N–H and O–H groups in total. The number of aliphatic hydroxyl groups excluding tert-OH is 1.